The third kappa shape index (κ3) is 3.44. The van der Waals surface area contributed by atoms with Crippen LogP contribution in [0.4, 0.5) is 0 Å². The maximum absolute atomic E-state index is 5.92. The summed E-state index contributed by atoms with van der Waals surface area (Å²) in [7, 11) is 0. The van der Waals surface area contributed by atoms with Crippen molar-refractivity contribution in [3.8, 4) is 0 Å². The number of ether oxygens (including phenoxy) is 1. The first kappa shape index (κ1) is 12.3. The molecule has 0 aromatic heterocycles. The van der Waals surface area contributed by atoms with Crippen molar-refractivity contribution in [2.75, 3.05) is 19.8 Å². The Labute approximate surface area is 99.1 Å². The molecule has 2 rings (SSSR count). The lowest BCUT2D eigenvalue weighted by Crippen LogP contribution is -2.49. The Morgan fingerprint density at radius 2 is 1.75 bits per heavy atom. The maximum Gasteiger partial charge on any atom is 0.0469 e. The fraction of sp³-hybridized carbons (Fsp3) is 1.00. The van der Waals surface area contributed by atoms with Crippen LogP contribution in [0.25, 0.3) is 0 Å². The van der Waals surface area contributed by atoms with E-state index in [0.717, 1.165) is 31.7 Å². The zero-order valence-corrected chi connectivity index (χ0v) is 10.3. The predicted octanol–water partition coefficient (Wildman–Crippen LogP) is 1.66. The highest BCUT2D eigenvalue weighted by atomic mass is 16.5. The molecule has 16 heavy (non-hydrogen) atoms. The van der Waals surface area contributed by atoms with Gasteiger partial charge in [0, 0.05) is 31.8 Å². The molecule has 0 aromatic rings. The Kier molecular flexibility index (Phi) is 5.07. The van der Waals surface area contributed by atoms with Crippen molar-refractivity contribution in [3.05, 3.63) is 0 Å². The zero-order chi connectivity index (χ0) is 11.2. The van der Waals surface area contributed by atoms with E-state index in [1.54, 1.807) is 0 Å². The summed E-state index contributed by atoms with van der Waals surface area (Å²) in [6.07, 6.45) is 9.26. The van der Waals surface area contributed by atoms with E-state index >= 15 is 0 Å². The second kappa shape index (κ2) is 6.58. The van der Waals surface area contributed by atoms with Crippen molar-refractivity contribution < 1.29 is 4.74 Å². The van der Waals surface area contributed by atoms with Crippen LogP contribution in [-0.4, -0.2) is 31.8 Å². The fourth-order valence-corrected chi connectivity index (χ4v) is 3.09. The molecular formula is C13H26N2O. The van der Waals surface area contributed by atoms with Crippen LogP contribution >= 0.6 is 0 Å². The summed E-state index contributed by atoms with van der Waals surface area (Å²) in [6.45, 7) is 2.63. The van der Waals surface area contributed by atoms with Crippen LogP contribution < -0.4 is 11.1 Å². The standard InChI is InChI=1S/C13H26N2O/c14-10-13(11-6-8-16-9-7-11)15-12-4-2-1-3-5-12/h11-13,15H,1-10,14H2. The van der Waals surface area contributed by atoms with Crippen LogP contribution in [0, 0.1) is 5.92 Å². The minimum Gasteiger partial charge on any atom is -0.381 e. The van der Waals surface area contributed by atoms with Gasteiger partial charge in [-0.15, -0.1) is 0 Å². The van der Waals surface area contributed by atoms with E-state index in [2.05, 4.69) is 5.32 Å². The molecule has 0 bridgehead atoms. The maximum atomic E-state index is 5.92. The van der Waals surface area contributed by atoms with E-state index in [1.807, 2.05) is 0 Å². The van der Waals surface area contributed by atoms with Crippen molar-refractivity contribution in [1.29, 1.82) is 0 Å². The van der Waals surface area contributed by atoms with E-state index in [4.69, 9.17) is 10.5 Å². The molecule has 2 aliphatic rings. The molecule has 1 saturated heterocycles. The first-order valence-corrected chi connectivity index (χ1v) is 6.94. The molecular weight excluding hydrogens is 200 g/mol. The van der Waals surface area contributed by atoms with Gasteiger partial charge in [-0.3, -0.25) is 0 Å². The normalized spacial score (nSPS) is 26.8. The molecule has 1 saturated carbocycles. The van der Waals surface area contributed by atoms with Crippen LogP contribution in [-0.2, 0) is 4.74 Å². The van der Waals surface area contributed by atoms with E-state index < -0.39 is 0 Å². The van der Waals surface area contributed by atoms with Gasteiger partial charge in [0.2, 0.25) is 0 Å². The molecule has 3 nitrogen and oxygen atoms in total. The van der Waals surface area contributed by atoms with Gasteiger partial charge in [-0.25, -0.2) is 0 Å². The smallest absolute Gasteiger partial charge is 0.0469 e. The molecule has 94 valence electrons. The molecule has 1 heterocycles. The molecule has 1 unspecified atom stereocenters. The van der Waals surface area contributed by atoms with Crippen LogP contribution in [0.3, 0.4) is 0 Å². The largest absolute Gasteiger partial charge is 0.381 e. The summed E-state index contributed by atoms with van der Waals surface area (Å²) in [6, 6.07) is 1.25. The molecule has 0 amide bonds. The van der Waals surface area contributed by atoms with Gasteiger partial charge in [0.25, 0.3) is 0 Å². The van der Waals surface area contributed by atoms with Gasteiger partial charge in [0.05, 0.1) is 0 Å². The van der Waals surface area contributed by atoms with Crippen molar-refractivity contribution in [1.82, 2.24) is 5.32 Å². The Morgan fingerprint density at radius 1 is 1.06 bits per heavy atom. The summed E-state index contributed by atoms with van der Waals surface area (Å²) in [5.74, 6) is 0.737. The number of nitrogens with one attached hydrogen (secondary N) is 1. The van der Waals surface area contributed by atoms with Crippen molar-refractivity contribution in [2.45, 2.75) is 57.0 Å². The SMILES string of the molecule is NCC(NC1CCCCC1)C1CCOCC1. The summed E-state index contributed by atoms with van der Waals surface area (Å²) in [4.78, 5) is 0. The van der Waals surface area contributed by atoms with Gasteiger partial charge in [0.15, 0.2) is 0 Å². The summed E-state index contributed by atoms with van der Waals surface area (Å²) in [5, 5.41) is 3.79. The highest BCUT2D eigenvalue weighted by Gasteiger charge is 2.25. The van der Waals surface area contributed by atoms with E-state index in [1.165, 1.54) is 44.9 Å². The predicted molar refractivity (Wildman–Crippen MR) is 66.4 cm³/mol. The second-order valence-electron chi connectivity index (χ2n) is 5.29. The average molecular weight is 226 g/mol. The van der Waals surface area contributed by atoms with E-state index in [9.17, 15) is 0 Å². The summed E-state index contributed by atoms with van der Waals surface area (Å²) in [5.41, 5.74) is 5.92. The molecule has 0 aromatic carbocycles. The third-order valence-corrected chi connectivity index (χ3v) is 4.14. The first-order chi connectivity index (χ1) is 7.90. The Balaban J connectivity index is 1.78. The molecule has 0 spiro atoms. The minimum atomic E-state index is 0.520. The van der Waals surface area contributed by atoms with Crippen LogP contribution in [0.5, 0.6) is 0 Å². The average Bonchev–Trinajstić information content (AvgIpc) is 2.38. The van der Waals surface area contributed by atoms with Gasteiger partial charge in [-0.2, -0.15) is 0 Å². The van der Waals surface area contributed by atoms with Gasteiger partial charge < -0.3 is 15.8 Å². The topological polar surface area (TPSA) is 47.3 Å². The van der Waals surface area contributed by atoms with Gasteiger partial charge in [0.1, 0.15) is 0 Å². The monoisotopic (exact) mass is 226 g/mol. The van der Waals surface area contributed by atoms with Gasteiger partial charge >= 0.3 is 0 Å². The van der Waals surface area contributed by atoms with E-state index in [-0.39, 0.29) is 0 Å². The van der Waals surface area contributed by atoms with Gasteiger partial charge in [-0.1, -0.05) is 19.3 Å². The Bertz CT molecular complexity index is 186. The fourth-order valence-electron chi connectivity index (χ4n) is 3.09. The van der Waals surface area contributed by atoms with Crippen LogP contribution in [0.2, 0.25) is 0 Å². The molecule has 3 heteroatoms. The number of rotatable bonds is 4. The van der Waals surface area contributed by atoms with Crippen molar-refractivity contribution in [3.63, 3.8) is 0 Å². The second-order valence-corrected chi connectivity index (χ2v) is 5.29. The quantitative estimate of drug-likeness (QED) is 0.766. The molecule has 1 aliphatic carbocycles. The highest BCUT2D eigenvalue weighted by Crippen LogP contribution is 2.22. The van der Waals surface area contributed by atoms with E-state index in [0.29, 0.717) is 6.04 Å². The summed E-state index contributed by atoms with van der Waals surface area (Å²) >= 11 is 0. The van der Waals surface area contributed by atoms with Crippen molar-refractivity contribution in [2.24, 2.45) is 11.7 Å². The van der Waals surface area contributed by atoms with Gasteiger partial charge in [-0.05, 0) is 31.6 Å². The highest BCUT2D eigenvalue weighted by molar-refractivity contribution is 4.84. The van der Waals surface area contributed by atoms with Crippen LogP contribution in [0.15, 0.2) is 0 Å². The Morgan fingerprint density at radius 3 is 2.38 bits per heavy atom. The summed E-state index contributed by atoms with van der Waals surface area (Å²) < 4.78 is 5.42. The Hall–Kier alpha value is -0.120. The third-order valence-electron chi connectivity index (χ3n) is 4.14. The lowest BCUT2D eigenvalue weighted by molar-refractivity contribution is 0.0523. The first-order valence-electron chi connectivity index (χ1n) is 6.94. The lowest BCUT2D eigenvalue weighted by atomic mass is 9.89. The molecule has 3 N–H and O–H groups in total. The number of nitrogens with two attached hydrogens (primary N) is 1. The van der Waals surface area contributed by atoms with Crippen LogP contribution in [0.1, 0.15) is 44.9 Å². The van der Waals surface area contributed by atoms with Crippen molar-refractivity contribution >= 4 is 0 Å². The molecule has 1 aliphatic heterocycles. The minimum absolute atomic E-state index is 0.520. The zero-order valence-electron chi connectivity index (χ0n) is 10.3. The number of hydrogen-bond donors (Lipinski definition) is 2. The molecule has 0 radical (unpaired) electrons. The molecule has 2 fully saturated rings. The molecule has 1 atom stereocenters. The lowest BCUT2D eigenvalue weighted by Gasteiger charge is -2.34. The number of hydrogen-bond acceptors (Lipinski definition) is 3.